The average Bonchev–Trinajstić information content (AvgIpc) is 3.41. The van der Waals surface area contributed by atoms with Crippen molar-refractivity contribution in [3.63, 3.8) is 0 Å². The zero-order valence-electron chi connectivity index (χ0n) is 37.7. The van der Waals surface area contributed by atoms with E-state index in [0.29, 0.717) is 12.4 Å². The number of allylic oxidation sites excluding steroid dienone is 5. The Balaban J connectivity index is 1.05. The summed E-state index contributed by atoms with van der Waals surface area (Å²) < 4.78 is 0. The fourth-order valence-electron chi connectivity index (χ4n) is 9.15. The molecule has 322 valence electrons. The predicted molar refractivity (Wildman–Crippen MR) is 289 cm³/mol. The van der Waals surface area contributed by atoms with E-state index in [4.69, 9.17) is 9.98 Å². The van der Waals surface area contributed by atoms with Crippen LogP contribution in [0.4, 0.5) is 0 Å². The van der Waals surface area contributed by atoms with Crippen LogP contribution in [0.1, 0.15) is 64.6 Å². The maximum absolute atomic E-state index is 5.35. The van der Waals surface area contributed by atoms with E-state index in [9.17, 15) is 0 Å². The largest absolute Gasteiger partial charge is 0.261 e. The summed E-state index contributed by atoms with van der Waals surface area (Å²) in [6.45, 7) is 8.69. The summed E-state index contributed by atoms with van der Waals surface area (Å²) in [5, 5.41) is 2.36. The summed E-state index contributed by atoms with van der Waals surface area (Å²) in [6.07, 6.45) is 21.0. The van der Waals surface area contributed by atoms with Crippen LogP contribution in [0.2, 0.25) is 0 Å². The first-order valence-corrected chi connectivity index (χ1v) is 23.2. The van der Waals surface area contributed by atoms with Crippen molar-refractivity contribution in [2.75, 3.05) is 0 Å². The maximum Gasteiger partial charge on any atom is 0.154 e. The molecule has 1 aliphatic heterocycles. The standard InChI is InChI=1S/C64H51N3/c1-3-47-42-62(61-26-12-11-25-60(61)59(47)4-2)52-32-28-50(29-33-52)57-38-46(39-58(41-57)51-30-34-53(35-31-51)63-27-13-14-36-65-63)44-67-64(56-24-16-23-55(40-56)49-20-9-6-10-21-49)66-43-45-17-15-22-54(37-45)48-18-7-5-8-19-48/h3-5,7-9,11-12,15-43H,1-2,6,10,13-14,44H2. The Kier molecular flexibility index (Phi) is 12.6. The van der Waals surface area contributed by atoms with Crippen LogP contribution in [0.5, 0.6) is 0 Å². The van der Waals surface area contributed by atoms with Crippen molar-refractivity contribution < 1.29 is 0 Å². The van der Waals surface area contributed by atoms with Gasteiger partial charge in [-0.3, -0.25) is 9.98 Å². The lowest BCUT2D eigenvalue weighted by Gasteiger charge is -2.14. The van der Waals surface area contributed by atoms with Crippen molar-refractivity contribution in [3.05, 3.63) is 252 Å². The molecular weight excluding hydrogens is 811 g/mol. The van der Waals surface area contributed by atoms with E-state index in [1.807, 2.05) is 30.6 Å². The minimum absolute atomic E-state index is 0.439. The van der Waals surface area contributed by atoms with Gasteiger partial charge in [-0.2, -0.15) is 0 Å². The van der Waals surface area contributed by atoms with Gasteiger partial charge in [-0.05, 0) is 156 Å². The molecule has 10 rings (SSSR count). The third-order valence-corrected chi connectivity index (χ3v) is 12.6. The van der Waals surface area contributed by atoms with Crippen LogP contribution in [0.25, 0.3) is 78.7 Å². The van der Waals surface area contributed by atoms with E-state index in [0.717, 1.165) is 98.1 Å². The lowest BCUT2D eigenvalue weighted by Crippen LogP contribution is -2.01. The van der Waals surface area contributed by atoms with Crippen molar-refractivity contribution in [1.82, 2.24) is 0 Å². The van der Waals surface area contributed by atoms with Crippen LogP contribution >= 0.6 is 0 Å². The van der Waals surface area contributed by atoms with Gasteiger partial charge in [0.25, 0.3) is 0 Å². The van der Waals surface area contributed by atoms with Crippen molar-refractivity contribution >= 4 is 52.5 Å². The van der Waals surface area contributed by atoms with E-state index >= 15 is 0 Å². The molecule has 0 saturated heterocycles. The van der Waals surface area contributed by atoms with E-state index in [2.05, 4.69) is 212 Å². The SMILES string of the molecule is C=Cc1cc(-c2ccc(-c3cc(CN=C(N=Cc4cccc(-c5ccccc5)c4)c4cccc(C5=CCCC=C5)c4)cc(-c4ccc(C5=CCCC=N5)cc4)c3)cc2)c2ccccc2c1C=C. The lowest BCUT2D eigenvalue weighted by molar-refractivity contribution is 1.04. The molecular formula is C64H51N3. The van der Waals surface area contributed by atoms with E-state index < -0.39 is 0 Å². The molecule has 3 nitrogen and oxygen atoms in total. The second-order valence-corrected chi connectivity index (χ2v) is 17.0. The highest BCUT2D eigenvalue weighted by Crippen LogP contribution is 2.37. The zero-order valence-corrected chi connectivity index (χ0v) is 37.7. The Hall–Kier alpha value is -8.27. The van der Waals surface area contributed by atoms with E-state index in [1.165, 1.54) is 33.0 Å². The Morgan fingerprint density at radius 1 is 0.522 bits per heavy atom. The highest BCUT2D eigenvalue weighted by molar-refractivity contribution is 6.06. The summed E-state index contributed by atoms with van der Waals surface area (Å²) in [5.74, 6) is 0.683. The van der Waals surface area contributed by atoms with Gasteiger partial charge in [0.05, 0.1) is 12.2 Å². The van der Waals surface area contributed by atoms with Crippen LogP contribution in [0, 0.1) is 0 Å². The molecule has 0 amide bonds. The number of aliphatic imine (C=N–C) groups is 3. The van der Waals surface area contributed by atoms with Crippen molar-refractivity contribution in [1.29, 1.82) is 0 Å². The number of amidine groups is 1. The minimum Gasteiger partial charge on any atom is -0.261 e. The highest BCUT2D eigenvalue weighted by atomic mass is 14.9. The number of rotatable bonds is 12. The number of nitrogens with zero attached hydrogens (tertiary/aromatic N) is 3. The van der Waals surface area contributed by atoms with Gasteiger partial charge >= 0.3 is 0 Å². The summed E-state index contributed by atoms with van der Waals surface area (Å²) in [6, 6.07) is 63.0. The Bertz CT molecular complexity index is 3320. The normalized spacial score (nSPS) is 13.7. The van der Waals surface area contributed by atoms with Gasteiger partial charge in [-0.1, -0.05) is 189 Å². The van der Waals surface area contributed by atoms with Crippen LogP contribution in [-0.2, 0) is 6.54 Å². The maximum atomic E-state index is 5.35. The molecule has 0 atom stereocenters. The topological polar surface area (TPSA) is 37.1 Å². The first-order valence-electron chi connectivity index (χ1n) is 23.2. The summed E-state index contributed by atoms with van der Waals surface area (Å²) >= 11 is 0. The van der Waals surface area contributed by atoms with Gasteiger partial charge in [0, 0.05) is 18.0 Å². The van der Waals surface area contributed by atoms with Gasteiger partial charge in [0.1, 0.15) is 0 Å². The van der Waals surface area contributed by atoms with Crippen LogP contribution in [0.15, 0.2) is 228 Å². The molecule has 0 radical (unpaired) electrons. The van der Waals surface area contributed by atoms with Crippen LogP contribution in [-0.4, -0.2) is 18.3 Å². The van der Waals surface area contributed by atoms with E-state index in [1.54, 1.807) is 0 Å². The Morgan fingerprint density at radius 3 is 1.91 bits per heavy atom. The molecule has 3 heteroatoms. The first-order chi connectivity index (χ1) is 33.1. The van der Waals surface area contributed by atoms with Crippen molar-refractivity contribution in [3.8, 4) is 44.5 Å². The molecule has 0 fully saturated rings. The number of hydrogen-bond donors (Lipinski definition) is 0. The van der Waals surface area contributed by atoms with E-state index in [-0.39, 0.29) is 0 Å². The Labute approximate surface area is 394 Å². The highest BCUT2D eigenvalue weighted by Gasteiger charge is 2.14. The van der Waals surface area contributed by atoms with Crippen molar-refractivity contribution in [2.24, 2.45) is 15.0 Å². The third kappa shape index (κ3) is 9.59. The molecule has 0 N–H and O–H groups in total. The first kappa shape index (κ1) is 42.7. The zero-order chi connectivity index (χ0) is 45.4. The van der Waals surface area contributed by atoms with Gasteiger partial charge in [-0.15, -0.1) is 0 Å². The molecule has 0 saturated carbocycles. The summed E-state index contributed by atoms with van der Waals surface area (Å²) in [7, 11) is 0. The second kappa shape index (κ2) is 19.9. The fourth-order valence-corrected chi connectivity index (χ4v) is 9.15. The second-order valence-electron chi connectivity index (χ2n) is 17.0. The smallest absolute Gasteiger partial charge is 0.154 e. The quantitative estimate of drug-likeness (QED) is 0.0867. The summed E-state index contributed by atoms with van der Waals surface area (Å²) in [4.78, 5) is 15.2. The summed E-state index contributed by atoms with van der Waals surface area (Å²) in [5.41, 5.74) is 19.0. The molecule has 67 heavy (non-hydrogen) atoms. The molecule has 0 unspecified atom stereocenters. The lowest BCUT2D eigenvalue weighted by atomic mass is 9.90. The van der Waals surface area contributed by atoms with Gasteiger partial charge in [0.2, 0.25) is 0 Å². The molecule has 2 aliphatic rings. The van der Waals surface area contributed by atoms with Crippen molar-refractivity contribution in [2.45, 2.75) is 32.2 Å². The number of fused-ring (bicyclic) bond motifs is 1. The molecule has 0 aromatic heterocycles. The number of hydrogen-bond acceptors (Lipinski definition) is 2. The minimum atomic E-state index is 0.439. The molecule has 1 heterocycles. The molecule has 0 spiro atoms. The van der Waals surface area contributed by atoms with Gasteiger partial charge < -0.3 is 0 Å². The molecule has 0 bridgehead atoms. The average molecular weight is 862 g/mol. The monoisotopic (exact) mass is 861 g/mol. The fraction of sp³-hybridized carbons (Fsp3) is 0.0781. The molecule has 1 aliphatic carbocycles. The molecule has 8 aromatic carbocycles. The third-order valence-electron chi connectivity index (χ3n) is 12.6. The van der Waals surface area contributed by atoms with Gasteiger partial charge in [0.15, 0.2) is 5.84 Å². The molecule has 8 aromatic rings. The van der Waals surface area contributed by atoms with Crippen LogP contribution in [0.3, 0.4) is 0 Å². The van der Waals surface area contributed by atoms with Gasteiger partial charge in [-0.25, -0.2) is 4.99 Å². The predicted octanol–water partition coefficient (Wildman–Crippen LogP) is 16.8. The van der Waals surface area contributed by atoms with Crippen LogP contribution < -0.4 is 0 Å². The Morgan fingerprint density at radius 2 is 1.19 bits per heavy atom. The number of benzene rings is 8.